The number of carbonyl (C=O) groups excluding carboxylic acids is 1. The Morgan fingerprint density at radius 2 is 1.87 bits per heavy atom. The second-order valence-electron chi connectivity index (χ2n) is 6.74. The fourth-order valence-electron chi connectivity index (χ4n) is 2.81. The van der Waals surface area contributed by atoms with Crippen LogP contribution in [0.3, 0.4) is 0 Å². The normalized spacial score (nSPS) is 19.6. The average molecular weight is 328 g/mol. The quantitative estimate of drug-likeness (QED) is 0.808. The third-order valence-corrected chi connectivity index (χ3v) is 4.22. The summed E-state index contributed by atoms with van der Waals surface area (Å²) in [6.45, 7) is 3.39. The molecule has 1 N–H and O–H groups in total. The lowest BCUT2D eigenvalue weighted by Gasteiger charge is -2.29. The molecule has 1 aliphatic heterocycles. The summed E-state index contributed by atoms with van der Waals surface area (Å²) in [6.07, 6.45) is -2.43. The molecule has 1 aromatic rings. The first-order chi connectivity index (χ1) is 10.7. The molecule has 3 nitrogen and oxygen atoms in total. The molecule has 0 spiro atoms. The second kappa shape index (κ2) is 6.91. The Balaban J connectivity index is 1.89. The minimum absolute atomic E-state index is 0.00725. The molecule has 1 aliphatic rings. The topological polar surface area (TPSA) is 32.3 Å². The number of unbranched alkanes of at least 4 members (excludes halogenated alkanes) is 1. The number of rotatable bonds is 6. The molecule has 1 amide bonds. The van der Waals surface area contributed by atoms with E-state index in [1.165, 1.54) is 0 Å². The summed E-state index contributed by atoms with van der Waals surface area (Å²) < 4.78 is 39.9. The fourth-order valence-corrected chi connectivity index (χ4v) is 2.81. The maximum Gasteiger partial charge on any atom is 0.405 e. The van der Waals surface area contributed by atoms with Crippen molar-refractivity contribution >= 4 is 5.91 Å². The van der Waals surface area contributed by atoms with Gasteiger partial charge in [0, 0.05) is 6.54 Å². The van der Waals surface area contributed by atoms with Crippen LogP contribution < -0.4 is 5.43 Å². The van der Waals surface area contributed by atoms with E-state index >= 15 is 0 Å². The zero-order valence-electron chi connectivity index (χ0n) is 13.5. The summed E-state index contributed by atoms with van der Waals surface area (Å²) in [7, 11) is 0. The minimum atomic E-state index is -4.35. The number of nitrogens with one attached hydrogen (secondary N) is 1. The minimum Gasteiger partial charge on any atom is -0.288 e. The number of carbonyl (C=O) groups is 1. The van der Waals surface area contributed by atoms with E-state index in [4.69, 9.17) is 0 Å². The Labute approximate surface area is 134 Å². The summed E-state index contributed by atoms with van der Waals surface area (Å²) in [5, 5.41) is 1.06. The Morgan fingerprint density at radius 3 is 2.39 bits per heavy atom. The molecule has 1 atom stereocenters. The summed E-state index contributed by atoms with van der Waals surface area (Å²) >= 11 is 0. The summed E-state index contributed by atoms with van der Waals surface area (Å²) in [5.74, 6) is -0.351. The number of amides is 1. The van der Waals surface area contributed by atoms with Crippen molar-refractivity contribution in [1.82, 2.24) is 10.4 Å². The van der Waals surface area contributed by atoms with Gasteiger partial charge in [-0.3, -0.25) is 10.2 Å². The smallest absolute Gasteiger partial charge is 0.288 e. The predicted octanol–water partition coefficient (Wildman–Crippen LogP) is 3.70. The van der Waals surface area contributed by atoms with Gasteiger partial charge in [0.15, 0.2) is 0 Å². The van der Waals surface area contributed by atoms with Gasteiger partial charge in [0.25, 0.3) is 0 Å². The van der Waals surface area contributed by atoms with Gasteiger partial charge in [0.05, 0.1) is 5.41 Å². The van der Waals surface area contributed by atoms with Gasteiger partial charge in [-0.1, -0.05) is 36.8 Å². The molecule has 23 heavy (non-hydrogen) atoms. The number of benzene rings is 1. The highest BCUT2D eigenvalue weighted by atomic mass is 19.4. The third-order valence-electron chi connectivity index (χ3n) is 4.22. The number of halogens is 3. The van der Waals surface area contributed by atoms with Gasteiger partial charge in [0.2, 0.25) is 5.91 Å². The van der Waals surface area contributed by atoms with Crippen LogP contribution in [0.15, 0.2) is 30.3 Å². The van der Waals surface area contributed by atoms with Crippen LogP contribution in [-0.4, -0.2) is 29.7 Å². The Morgan fingerprint density at radius 1 is 1.22 bits per heavy atom. The molecule has 0 saturated carbocycles. The molecule has 6 heteroatoms. The van der Waals surface area contributed by atoms with E-state index in [1.54, 1.807) is 13.8 Å². The van der Waals surface area contributed by atoms with Crippen LogP contribution in [0, 0.1) is 5.41 Å². The molecule has 1 aromatic carbocycles. The summed E-state index contributed by atoms with van der Waals surface area (Å²) in [6, 6.07) is 8.10. The number of hydrogen-bond acceptors (Lipinski definition) is 2. The number of nitrogens with zero attached hydrogens (tertiary/aromatic N) is 1. The Bertz CT molecular complexity index is 528. The highest BCUT2D eigenvalue weighted by molar-refractivity contribution is 5.83. The van der Waals surface area contributed by atoms with Crippen molar-refractivity contribution in [3.63, 3.8) is 0 Å². The van der Waals surface area contributed by atoms with Crippen LogP contribution in [-0.2, 0) is 11.2 Å². The SMILES string of the molecule is CC1(C)CN([C@@H](CCCCc2ccccc2)C(F)(F)F)NC1=O. The maximum absolute atomic E-state index is 13.3. The zero-order chi connectivity index (χ0) is 17.1. The first-order valence-corrected chi connectivity index (χ1v) is 7.88. The van der Waals surface area contributed by atoms with Crippen molar-refractivity contribution in [2.24, 2.45) is 5.41 Å². The molecule has 1 fully saturated rings. The molecule has 128 valence electrons. The van der Waals surface area contributed by atoms with E-state index in [9.17, 15) is 18.0 Å². The van der Waals surface area contributed by atoms with Crippen LogP contribution in [0.1, 0.15) is 38.7 Å². The first kappa shape index (κ1) is 17.8. The van der Waals surface area contributed by atoms with Gasteiger partial charge in [-0.2, -0.15) is 13.2 Å². The van der Waals surface area contributed by atoms with Gasteiger partial charge < -0.3 is 0 Å². The first-order valence-electron chi connectivity index (χ1n) is 7.88. The van der Waals surface area contributed by atoms with Crippen LogP contribution in [0.2, 0.25) is 0 Å². The average Bonchev–Trinajstić information content (AvgIpc) is 2.72. The van der Waals surface area contributed by atoms with Crippen molar-refractivity contribution in [2.75, 3.05) is 6.54 Å². The maximum atomic E-state index is 13.3. The van der Waals surface area contributed by atoms with Gasteiger partial charge >= 0.3 is 6.18 Å². The number of alkyl halides is 3. The number of hydrazine groups is 1. The number of aryl methyl sites for hydroxylation is 1. The van der Waals surface area contributed by atoms with E-state index in [0.717, 1.165) is 17.0 Å². The zero-order valence-corrected chi connectivity index (χ0v) is 13.5. The number of hydrogen-bond donors (Lipinski definition) is 1. The van der Waals surface area contributed by atoms with E-state index in [2.05, 4.69) is 5.43 Å². The van der Waals surface area contributed by atoms with Crippen molar-refractivity contribution in [1.29, 1.82) is 0 Å². The second-order valence-corrected chi connectivity index (χ2v) is 6.74. The molecular weight excluding hydrogens is 305 g/mol. The van der Waals surface area contributed by atoms with Crippen LogP contribution in [0.5, 0.6) is 0 Å². The van der Waals surface area contributed by atoms with Crippen LogP contribution in [0.4, 0.5) is 13.2 Å². The molecule has 0 radical (unpaired) electrons. The molecule has 0 aliphatic carbocycles. The van der Waals surface area contributed by atoms with Gasteiger partial charge in [-0.15, -0.1) is 0 Å². The van der Waals surface area contributed by atoms with E-state index in [1.807, 2.05) is 30.3 Å². The van der Waals surface area contributed by atoms with Gasteiger partial charge in [-0.05, 0) is 38.7 Å². The highest BCUT2D eigenvalue weighted by Crippen LogP contribution is 2.33. The summed E-state index contributed by atoms with van der Waals surface area (Å²) in [5.41, 5.74) is 2.73. The monoisotopic (exact) mass is 328 g/mol. The van der Waals surface area contributed by atoms with Gasteiger partial charge in [0.1, 0.15) is 6.04 Å². The Hall–Kier alpha value is -1.56. The van der Waals surface area contributed by atoms with Crippen molar-refractivity contribution in [2.45, 2.75) is 51.7 Å². The molecule has 2 rings (SSSR count). The highest BCUT2D eigenvalue weighted by Gasteiger charge is 2.49. The molecule has 1 saturated heterocycles. The van der Waals surface area contributed by atoms with Crippen molar-refractivity contribution in [3.8, 4) is 0 Å². The molecule has 1 heterocycles. The van der Waals surface area contributed by atoms with E-state index < -0.39 is 17.6 Å². The molecule has 0 aromatic heterocycles. The van der Waals surface area contributed by atoms with Gasteiger partial charge in [-0.25, -0.2) is 5.01 Å². The van der Waals surface area contributed by atoms with E-state index in [-0.39, 0.29) is 18.9 Å². The van der Waals surface area contributed by atoms with Crippen molar-refractivity contribution in [3.05, 3.63) is 35.9 Å². The third kappa shape index (κ3) is 4.70. The summed E-state index contributed by atoms with van der Waals surface area (Å²) in [4.78, 5) is 11.7. The van der Waals surface area contributed by atoms with Crippen molar-refractivity contribution < 1.29 is 18.0 Å². The van der Waals surface area contributed by atoms with E-state index in [0.29, 0.717) is 12.8 Å². The fraction of sp³-hybridized carbons (Fsp3) is 0.588. The van der Waals surface area contributed by atoms with Crippen LogP contribution >= 0.6 is 0 Å². The molecular formula is C17H23F3N2O. The largest absolute Gasteiger partial charge is 0.405 e. The lowest BCUT2D eigenvalue weighted by Crippen LogP contribution is -2.49. The lowest BCUT2D eigenvalue weighted by molar-refractivity contribution is -0.190. The predicted molar refractivity (Wildman–Crippen MR) is 82.5 cm³/mol. The van der Waals surface area contributed by atoms with Crippen LogP contribution in [0.25, 0.3) is 0 Å². The standard InChI is InChI=1S/C17H23F3N2O/c1-16(2)12-22(21-15(16)23)14(17(18,19)20)11-7-6-10-13-8-4-3-5-9-13/h3-5,8-9,14H,6-7,10-12H2,1-2H3,(H,21,23)/t14-/m0/s1. The lowest BCUT2D eigenvalue weighted by atomic mass is 9.94. The Kier molecular flexibility index (Phi) is 5.34. The molecule has 0 unspecified atom stereocenters. The molecule has 0 bridgehead atoms.